The minimum Gasteiger partial charge on any atom is -0.326 e. The summed E-state index contributed by atoms with van der Waals surface area (Å²) in [6, 6.07) is 5.14. The zero-order valence-corrected chi connectivity index (χ0v) is 16.0. The molecule has 0 unspecified atom stereocenters. The quantitative estimate of drug-likeness (QED) is 0.565. The Morgan fingerprint density at radius 1 is 1.17 bits per heavy atom. The highest BCUT2D eigenvalue weighted by atomic mass is 32.1. The van der Waals surface area contributed by atoms with E-state index in [1.165, 1.54) is 17.0 Å². The molecule has 0 spiro atoms. The van der Waals surface area contributed by atoms with Crippen LogP contribution in [0.3, 0.4) is 0 Å². The first-order chi connectivity index (χ1) is 14.2. The van der Waals surface area contributed by atoms with Crippen LogP contribution in [-0.4, -0.2) is 34.3 Å². The number of pyridine rings is 1. The molecule has 0 aliphatic carbocycles. The number of benzene rings is 1. The SMILES string of the molecule is O=C1Nc2c(sc3nc(-c4ccc(F)cc4)cc(C(F)(F)F)c23)C(=O)N2CCC[C@H]12. The van der Waals surface area contributed by atoms with Crippen molar-refractivity contribution >= 4 is 39.1 Å². The molecule has 1 N–H and O–H groups in total. The minimum atomic E-state index is -4.75. The highest BCUT2D eigenvalue weighted by Gasteiger charge is 2.43. The van der Waals surface area contributed by atoms with E-state index < -0.39 is 35.4 Å². The van der Waals surface area contributed by atoms with Gasteiger partial charge >= 0.3 is 6.18 Å². The summed E-state index contributed by atoms with van der Waals surface area (Å²) in [6.07, 6.45) is -3.62. The van der Waals surface area contributed by atoms with Crippen LogP contribution in [0.15, 0.2) is 30.3 Å². The van der Waals surface area contributed by atoms with E-state index in [2.05, 4.69) is 10.3 Å². The highest BCUT2D eigenvalue weighted by molar-refractivity contribution is 7.21. The first kappa shape index (κ1) is 19.0. The average Bonchev–Trinajstić information content (AvgIpc) is 3.30. The van der Waals surface area contributed by atoms with Gasteiger partial charge in [-0.1, -0.05) is 0 Å². The second-order valence-corrected chi connectivity index (χ2v) is 8.19. The Balaban J connectivity index is 1.77. The molecule has 0 radical (unpaired) electrons. The number of halogens is 4. The second kappa shape index (κ2) is 6.49. The number of thiophene rings is 1. The third kappa shape index (κ3) is 2.85. The van der Waals surface area contributed by atoms with Crippen molar-refractivity contribution in [3.8, 4) is 11.3 Å². The predicted octanol–water partition coefficient (Wildman–Crippen LogP) is 4.68. The van der Waals surface area contributed by atoms with E-state index in [4.69, 9.17) is 0 Å². The van der Waals surface area contributed by atoms with Crippen molar-refractivity contribution < 1.29 is 27.2 Å². The van der Waals surface area contributed by atoms with E-state index in [0.29, 0.717) is 24.9 Å². The minimum absolute atomic E-state index is 0.00376. The van der Waals surface area contributed by atoms with Crippen LogP contribution < -0.4 is 5.32 Å². The van der Waals surface area contributed by atoms with Crippen LogP contribution in [-0.2, 0) is 11.0 Å². The van der Waals surface area contributed by atoms with Crippen molar-refractivity contribution in [3.05, 3.63) is 46.6 Å². The van der Waals surface area contributed by atoms with Crippen molar-refractivity contribution in [2.24, 2.45) is 0 Å². The summed E-state index contributed by atoms with van der Waals surface area (Å²) in [4.78, 5) is 31.3. The maximum absolute atomic E-state index is 14.0. The average molecular weight is 435 g/mol. The molecule has 5 nitrogen and oxygen atoms in total. The smallest absolute Gasteiger partial charge is 0.326 e. The van der Waals surface area contributed by atoms with Gasteiger partial charge in [-0.25, -0.2) is 9.37 Å². The van der Waals surface area contributed by atoms with Gasteiger partial charge in [0.2, 0.25) is 5.91 Å². The van der Waals surface area contributed by atoms with Crippen molar-refractivity contribution in [2.45, 2.75) is 25.1 Å². The second-order valence-electron chi connectivity index (χ2n) is 7.19. The fraction of sp³-hybridized carbons (Fsp3) is 0.250. The lowest BCUT2D eigenvalue weighted by molar-refractivity contribution is -0.136. The van der Waals surface area contributed by atoms with Crippen LogP contribution in [0.5, 0.6) is 0 Å². The zero-order valence-electron chi connectivity index (χ0n) is 15.2. The molecule has 1 fully saturated rings. The van der Waals surface area contributed by atoms with Crippen molar-refractivity contribution in [1.29, 1.82) is 0 Å². The van der Waals surface area contributed by atoms with E-state index in [9.17, 15) is 27.2 Å². The zero-order chi connectivity index (χ0) is 21.2. The Hall–Kier alpha value is -3.01. The number of carbonyl (C=O) groups excluding carboxylic acids is 2. The molecule has 1 aromatic carbocycles. The summed E-state index contributed by atoms with van der Waals surface area (Å²) in [7, 11) is 0. The third-order valence-corrected chi connectivity index (χ3v) is 6.44. The standard InChI is InChI=1S/C20H13F4N3O2S/c21-10-5-3-9(4-6-10)12-8-11(20(22,23)24)14-15-16(30-18(14)25-12)19(29)27-7-1-2-13(27)17(28)26-15/h3-6,8,13H,1-2,7H2,(H,26,28)/t13-/m1/s1. The molecule has 3 aromatic rings. The number of hydrogen-bond acceptors (Lipinski definition) is 4. The molecule has 0 saturated carbocycles. The first-order valence-corrected chi connectivity index (χ1v) is 9.98. The number of nitrogens with one attached hydrogen (secondary N) is 1. The van der Waals surface area contributed by atoms with Crippen LogP contribution in [0.4, 0.5) is 23.2 Å². The van der Waals surface area contributed by atoms with Crippen LogP contribution in [0.25, 0.3) is 21.5 Å². The molecule has 4 heterocycles. The van der Waals surface area contributed by atoms with Gasteiger partial charge in [-0.15, -0.1) is 11.3 Å². The fourth-order valence-corrected chi connectivity index (χ4v) is 5.09. The molecule has 2 amide bonds. The Kier molecular flexibility index (Phi) is 4.11. The Bertz CT molecular complexity index is 1200. The molecule has 5 rings (SSSR count). The molecule has 2 aliphatic heterocycles. The summed E-state index contributed by atoms with van der Waals surface area (Å²) in [5.74, 6) is -1.48. The normalized spacial score (nSPS) is 18.9. The molecule has 0 bridgehead atoms. The van der Waals surface area contributed by atoms with E-state index in [1.807, 2.05) is 0 Å². The monoisotopic (exact) mass is 435 g/mol. The molecular formula is C20H13F4N3O2S. The lowest BCUT2D eigenvalue weighted by Gasteiger charge is -2.19. The number of alkyl halides is 3. The van der Waals surface area contributed by atoms with Crippen molar-refractivity contribution in [3.63, 3.8) is 0 Å². The number of rotatable bonds is 1. The van der Waals surface area contributed by atoms with Gasteiger partial charge in [0.05, 0.1) is 16.9 Å². The van der Waals surface area contributed by atoms with E-state index in [0.717, 1.165) is 29.5 Å². The first-order valence-electron chi connectivity index (χ1n) is 9.16. The summed E-state index contributed by atoms with van der Waals surface area (Å²) >= 11 is 0.823. The maximum atomic E-state index is 14.0. The molecule has 10 heteroatoms. The highest BCUT2D eigenvalue weighted by Crippen LogP contribution is 2.46. The molecule has 30 heavy (non-hydrogen) atoms. The predicted molar refractivity (Wildman–Crippen MR) is 103 cm³/mol. The summed E-state index contributed by atoms with van der Waals surface area (Å²) in [5, 5.41) is 2.25. The molecule has 2 aliphatic rings. The Morgan fingerprint density at radius 2 is 1.90 bits per heavy atom. The van der Waals surface area contributed by atoms with E-state index in [-0.39, 0.29) is 26.5 Å². The molecule has 1 saturated heterocycles. The Labute approximate surface area is 171 Å². The lowest BCUT2D eigenvalue weighted by Crippen LogP contribution is -2.40. The van der Waals surface area contributed by atoms with Gasteiger partial charge in [0.15, 0.2) is 0 Å². The largest absolute Gasteiger partial charge is 0.417 e. The van der Waals surface area contributed by atoms with Gasteiger partial charge in [-0.3, -0.25) is 9.59 Å². The molecule has 1 atom stereocenters. The van der Waals surface area contributed by atoms with E-state index in [1.54, 1.807) is 0 Å². The van der Waals surface area contributed by atoms with Crippen LogP contribution >= 0.6 is 11.3 Å². The van der Waals surface area contributed by atoms with Crippen LogP contribution in [0, 0.1) is 5.82 Å². The van der Waals surface area contributed by atoms with Crippen LogP contribution in [0.1, 0.15) is 28.1 Å². The topological polar surface area (TPSA) is 62.3 Å². The molecular weight excluding hydrogens is 422 g/mol. The Morgan fingerprint density at radius 3 is 2.60 bits per heavy atom. The van der Waals surface area contributed by atoms with Gasteiger partial charge in [0.1, 0.15) is 21.6 Å². The van der Waals surface area contributed by atoms with Gasteiger partial charge in [0, 0.05) is 17.5 Å². The number of fused-ring (bicyclic) bond motifs is 4. The molecule has 154 valence electrons. The van der Waals surface area contributed by atoms with Crippen molar-refractivity contribution in [2.75, 3.05) is 11.9 Å². The third-order valence-electron chi connectivity index (χ3n) is 5.37. The maximum Gasteiger partial charge on any atom is 0.417 e. The number of aromatic nitrogens is 1. The summed E-state index contributed by atoms with van der Waals surface area (Å²) < 4.78 is 55.1. The van der Waals surface area contributed by atoms with Gasteiger partial charge in [-0.2, -0.15) is 13.2 Å². The molecule has 2 aromatic heterocycles. The number of hydrogen-bond donors (Lipinski definition) is 1. The number of nitrogens with zero attached hydrogens (tertiary/aromatic N) is 2. The fourth-order valence-electron chi connectivity index (χ4n) is 3.98. The summed E-state index contributed by atoms with van der Waals surface area (Å²) in [6.45, 7) is 0.380. The lowest BCUT2D eigenvalue weighted by atomic mass is 10.0. The van der Waals surface area contributed by atoms with Gasteiger partial charge < -0.3 is 10.2 Å². The van der Waals surface area contributed by atoms with Crippen LogP contribution in [0.2, 0.25) is 0 Å². The van der Waals surface area contributed by atoms with E-state index >= 15 is 0 Å². The van der Waals surface area contributed by atoms with Gasteiger partial charge in [-0.05, 0) is 43.2 Å². The number of anilines is 1. The van der Waals surface area contributed by atoms with Crippen molar-refractivity contribution in [1.82, 2.24) is 9.88 Å². The van der Waals surface area contributed by atoms with Gasteiger partial charge in [0.25, 0.3) is 5.91 Å². The number of amides is 2. The number of carbonyl (C=O) groups is 2. The summed E-state index contributed by atoms with van der Waals surface area (Å²) in [5.41, 5.74) is -0.823.